The van der Waals surface area contributed by atoms with Crippen LogP contribution >= 0.6 is 0 Å². The molecule has 0 fully saturated rings. The summed E-state index contributed by atoms with van der Waals surface area (Å²) in [5.74, 6) is 0.780. The molecule has 0 unspecified atom stereocenters. The summed E-state index contributed by atoms with van der Waals surface area (Å²) in [6.45, 7) is 4.56. The molecule has 14 heavy (non-hydrogen) atoms. The molecule has 0 heterocycles. The second-order valence-corrected chi connectivity index (χ2v) is 4.01. The Morgan fingerprint density at radius 2 is 1.71 bits per heavy atom. The summed E-state index contributed by atoms with van der Waals surface area (Å²) in [6, 6.07) is 10.9. The van der Waals surface area contributed by atoms with Gasteiger partial charge in [-0.05, 0) is 24.3 Å². The van der Waals surface area contributed by atoms with Crippen LogP contribution in [-0.2, 0) is 0 Å². The molecule has 0 radical (unpaired) electrons. The molecule has 0 heteroatoms. The van der Waals surface area contributed by atoms with Crippen molar-refractivity contribution in [3.05, 3.63) is 35.9 Å². The zero-order valence-corrected chi connectivity index (χ0v) is 9.50. The molecule has 0 saturated carbocycles. The molecule has 0 spiro atoms. The molecule has 1 rings (SSSR count). The zero-order chi connectivity index (χ0) is 10.2. The van der Waals surface area contributed by atoms with Crippen molar-refractivity contribution in [1.29, 1.82) is 0 Å². The van der Waals surface area contributed by atoms with Crippen molar-refractivity contribution in [3.8, 4) is 0 Å². The highest BCUT2D eigenvalue weighted by atomic mass is 14.1. The second kappa shape index (κ2) is 6.64. The molecule has 0 aliphatic carbocycles. The monoisotopic (exact) mass is 190 g/mol. The van der Waals surface area contributed by atoms with E-state index in [4.69, 9.17) is 0 Å². The van der Waals surface area contributed by atoms with Crippen molar-refractivity contribution in [2.45, 2.75) is 51.9 Å². The van der Waals surface area contributed by atoms with Crippen molar-refractivity contribution in [3.63, 3.8) is 0 Å². The van der Waals surface area contributed by atoms with Crippen molar-refractivity contribution >= 4 is 0 Å². The molecule has 0 saturated heterocycles. The van der Waals surface area contributed by atoms with E-state index in [2.05, 4.69) is 44.2 Å². The molecular weight excluding hydrogens is 168 g/mol. The molecule has 0 aliphatic rings. The Hall–Kier alpha value is -0.780. The largest absolute Gasteiger partial charge is 0.0654 e. The molecular formula is C14H22. The van der Waals surface area contributed by atoms with Crippen LogP contribution in [0.4, 0.5) is 0 Å². The Labute approximate surface area is 88.4 Å². The fourth-order valence-electron chi connectivity index (χ4n) is 1.97. The Balaban J connectivity index is 2.46. The first-order valence-electron chi connectivity index (χ1n) is 5.93. The minimum atomic E-state index is 0.780. The number of benzene rings is 1. The number of unbranched alkanes of at least 4 members (excludes halogenated alkanes) is 2. The van der Waals surface area contributed by atoms with E-state index in [-0.39, 0.29) is 0 Å². The predicted molar refractivity (Wildman–Crippen MR) is 63.6 cm³/mol. The van der Waals surface area contributed by atoms with E-state index in [0.717, 1.165) is 5.92 Å². The second-order valence-electron chi connectivity index (χ2n) is 4.01. The first-order chi connectivity index (χ1) is 6.88. The van der Waals surface area contributed by atoms with Crippen molar-refractivity contribution in [2.75, 3.05) is 0 Å². The van der Waals surface area contributed by atoms with Gasteiger partial charge in [-0.15, -0.1) is 0 Å². The summed E-state index contributed by atoms with van der Waals surface area (Å²) < 4.78 is 0. The van der Waals surface area contributed by atoms with Gasteiger partial charge in [0.1, 0.15) is 0 Å². The lowest BCUT2D eigenvalue weighted by Crippen LogP contribution is -1.96. The Kier molecular flexibility index (Phi) is 5.36. The fraction of sp³-hybridized carbons (Fsp3) is 0.571. The first-order valence-corrected chi connectivity index (χ1v) is 5.93. The van der Waals surface area contributed by atoms with Crippen LogP contribution < -0.4 is 0 Å². The van der Waals surface area contributed by atoms with Crippen molar-refractivity contribution < 1.29 is 0 Å². The van der Waals surface area contributed by atoms with Crippen molar-refractivity contribution in [1.82, 2.24) is 0 Å². The van der Waals surface area contributed by atoms with Gasteiger partial charge >= 0.3 is 0 Å². The average molecular weight is 190 g/mol. The number of hydrogen-bond acceptors (Lipinski definition) is 0. The summed E-state index contributed by atoms with van der Waals surface area (Å²) in [5.41, 5.74) is 1.52. The topological polar surface area (TPSA) is 0 Å². The van der Waals surface area contributed by atoms with Gasteiger partial charge in [-0.2, -0.15) is 0 Å². The van der Waals surface area contributed by atoms with E-state index in [1.807, 2.05) is 0 Å². The third-order valence-corrected chi connectivity index (χ3v) is 2.92. The molecule has 0 nitrogen and oxygen atoms in total. The summed E-state index contributed by atoms with van der Waals surface area (Å²) >= 11 is 0. The maximum absolute atomic E-state index is 2.30. The highest BCUT2D eigenvalue weighted by molar-refractivity contribution is 5.19. The van der Waals surface area contributed by atoms with Crippen LogP contribution in [0.1, 0.15) is 57.4 Å². The lowest BCUT2D eigenvalue weighted by molar-refractivity contribution is 0.553. The Morgan fingerprint density at radius 3 is 2.29 bits per heavy atom. The number of hydrogen-bond donors (Lipinski definition) is 0. The molecule has 0 aromatic heterocycles. The van der Waals surface area contributed by atoms with E-state index in [1.165, 1.54) is 37.7 Å². The van der Waals surface area contributed by atoms with E-state index < -0.39 is 0 Å². The van der Waals surface area contributed by atoms with Gasteiger partial charge < -0.3 is 0 Å². The third-order valence-electron chi connectivity index (χ3n) is 2.92. The van der Waals surface area contributed by atoms with Crippen molar-refractivity contribution in [2.24, 2.45) is 0 Å². The molecule has 1 atom stereocenters. The van der Waals surface area contributed by atoms with Gasteiger partial charge in [-0.25, -0.2) is 0 Å². The van der Waals surface area contributed by atoms with Crippen LogP contribution in [-0.4, -0.2) is 0 Å². The van der Waals surface area contributed by atoms with Gasteiger partial charge in [-0.1, -0.05) is 63.4 Å². The summed E-state index contributed by atoms with van der Waals surface area (Å²) in [7, 11) is 0. The molecule has 0 N–H and O–H groups in total. The minimum absolute atomic E-state index is 0.780. The molecule has 1 aromatic rings. The molecule has 0 aliphatic heterocycles. The highest BCUT2D eigenvalue weighted by Gasteiger charge is 2.07. The molecule has 0 bridgehead atoms. The standard InChI is InChI=1S/C14H22/c1-3-5-7-10-13(4-2)14-11-8-6-9-12-14/h6,8-9,11-13H,3-5,7,10H2,1-2H3/t13-/m0/s1. The van der Waals surface area contributed by atoms with E-state index in [1.54, 1.807) is 0 Å². The van der Waals surface area contributed by atoms with E-state index in [0.29, 0.717) is 0 Å². The van der Waals surface area contributed by atoms with E-state index in [9.17, 15) is 0 Å². The van der Waals surface area contributed by atoms with Crippen LogP contribution in [0.2, 0.25) is 0 Å². The summed E-state index contributed by atoms with van der Waals surface area (Å²) in [5, 5.41) is 0. The Morgan fingerprint density at radius 1 is 1.00 bits per heavy atom. The van der Waals surface area contributed by atoms with Gasteiger partial charge in [0.15, 0.2) is 0 Å². The quantitative estimate of drug-likeness (QED) is 0.567. The van der Waals surface area contributed by atoms with E-state index >= 15 is 0 Å². The maximum atomic E-state index is 2.30. The smallest absolute Gasteiger partial charge is 0.0165 e. The van der Waals surface area contributed by atoms with Crippen LogP contribution in [0, 0.1) is 0 Å². The molecule has 78 valence electrons. The summed E-state index contributed by atoms with van der Waals surface area (Å²) in [6.07, 6.45) is 6.71. The van der Waals surface area contributed by atoms with Crippen LogP contribution in [0.25, 0.3) is 0 Å². The van der Waals surface area contributed by atoms with Gasteiger partial charge in [-0.3, -0.25) is 0 Å². The summed E-state index contributed by atoms with van der Waals surface area (Å²) in [4.78, 5) is 0. The number of rotatable bonds is 6. The molecule has 1 aromatic carbocycles. The normalized spacial score (nSPS) is 12.7. The first kappa shape index (κ1) is 11.3. The highest BCUT2D eigenvalue weighted by Crippen LogP contribution is 2.25. The lowest BCUT2D eigenvalue weighted by atomic mass is 9.91. The van der Waals surface area contributed by atoms with Crippen LogP contribution in [0.5, 0.6) is 0 Å². The van der Waals surface area contributed by atoms with Gasteiger partial charge in [0.25, 0.3) is 0 Å². The van der Waals surface area contributed by atoms with Crippen LogP contribution in [0.15, 0.2) is 30.3 Å². The molecule has 0 amide bonds. The minimum Gasteiger partial charge on any atom is -0.0654 e. The van der Waals surface area contributed by atoms with Gasteiger partial charge in [0.2, 0.25) is 0 Å². The third kappa shape index (κ3) is 3.53. The predicted octanol–water partition coefficient (Wildman–Crippen LogP) is 4.76. The van der Waals surface area contributed by atoms with Crippen LogP contribution in [0.3, 0.4) is 0 Å². The van der Waals surface area contributed by atoms with Gasteiger partial charge in [0, 0.05) is 0 Å². The zero-order valence-electron chi connectivity index (χ0n) is 9.50. The maximum Gasteiger partial charge on any atom is -0.0165 e. The lowest BCUT2D eigenvalue weighted by Gasteiger charge is -2.14. The Bertz CT molecular complexity index is 225. The van der Waals surface area contributed by atoms with Gasteiger partial charge in [0.05, 0.1) is 0 Å². The average Bonchev–Trinajstić information content (AvgIpc) is 2.26. The fourth-order valence-corrected chi connectivity index (χ4v) is 1.97. The SMILES string of the molecule is CCCCC[C@H](CC)c1ccccc1.